The van der Waals surface area contributed by atoms with Gasteiger partial charge in [-0.2, -0.15) is 0 Å². The molecule has 204 valence electrons. The standard InChI is InChI=1S/C30H34N4O4S/c1-20-11-7-8-14-22(20)18-32-28(37)26-30(2,3)39-19-34(26)29(38)25(35)24(17-21-12-5-4-6-13-21)33-27(36)23-15-9-10-16-31-23/h4-16,24-26,35H,17-19H2,1-3H3,(H,32,37)(H,33,36)/t24-,25-,26+/m0/s1. The molecule has 3 atom stereocenters. The van der Waals surface area contributed by atoms with Crippen LogP contribution in [0.3, 0.4) is 0 Å². The van der Waals surface area contributed by atoms with Gasteiger partial charge in [0.25, 0.3) is 11.8 Å². The summed E-state index contributed by atoms with van der Waals surface area (Å²) in [5.41, 5.74) is 3.09. The summed E-state index contributed by atoms with van der Waals surface area (Å²) < 4.78 is -0.572. The Morgan fingerprint density at radius 3 is 2.44 bits per heavy atom. The predicted octanol–water partition coefficient (Wildman–Crippen LogP) is 3.09. The lowest BCUT2D eigenvalue weighted by Gasteiger charge is -2.33. The van der Waals surface area contributed by atoms with E-state index in [9.17, 15) is 19.5 Å². The molecule has 2 aromatic carbocycles. The third-order valence-electron chi connectivity index (χ3n) is 6.94. The van der Waals surface area contributed by atoms with Crippen LogP contribution < -0.4 is 10.6 Å². The highest BCUT2D eigenvalue weighted by Gasteiger charge is 2.49. The van der Waals surface area contributed by atoms with Crippen molar-refractivity contribution in [1.29, 1.82) is 0 Å². The first kappa shape index (κ1) is 28.3. The lowest BCUT2D eigenvalue weighted by molar-refractivity contribution is -0.147. The molecule has 3 amide bonds. The summed E-state index contributed by atoms with van der Waals surface area (Å²) in [4.78, 5) is 45.6. The molecule has 1 aliphatic rings. The third-order valence-corrected chi connectivity index (χ3v) is 8.31. The van der Waals surface area contributed by atoms with E-state index >= 15 is 0 Å². The number of carbonyl (C=O) groups excluding carboxylic acids is 3. The molecule has 0 spiro atoms. The Labute approximate surface area is 233 Å². The van der Waals surface area contributed by atoms with Crippen molar-refractivity contribution in [3.8, 4) is 0 Å². The number of amides is 3. The highest BCUT2D eigenvalue weighted by atomic mass is 32.2. The highest BCUT2D eigenvalue weighted by Crippen LogP contribution is 2.40. The Bertz CT molecular complexity index is 1300. The average molecular weight is 547 g/mol. The van der Waals surface area contributed by atoms with E-state index in [1.54, 1.807) is 18.2 Å². The van der Waals surface area contributed by atoms with E-state index < -0.39 is 34.7 Å². The number of pyridine rings is 1. The fraction of sp³-hybridized carbons (Fsp3) is 0.333. The molecule has 0 saturated carbocycles. The maximum Gasteiger partial charge on any atom is 0.270 e. The molecule has 2 heterocycles. The molecule has 1 fully saturated rings. The van der Waals surface area contributed by atoms with Crippen molar-refractivity contribution >= 4 is 29.5 Å². The number of aromatic nitrogens is 1. The fourth-order valence-electron chi connectivity index (χ4n) is 4.69. The summed E-state index contributed by atoms with van der Waals surface area (Å²) in [6, 6.07) is 20.4. The van der Waals surface area contributed by atoms with Gasteiger partial charge in [0.05, 0.1) is 11.9 Å². The maximum atomic E-state index is 13.7. The van der Waals surface area contributed by atoms with Gasteiger partial charge in [0.15, 0.2) is 6.10 Å². The molecule has 0 aliphatic carbocycles. The average Bonchev–Trinajstić information content (AvgIpc) is 3.27. The smallest absolute Gasteiger partial charge is 0.270 e. The first-order chi connectivity index (χ1) is 18.7. The van der Waals surface area contributed by atoms with Gasteiger partial charge in [-0.15, -0.1) is 11.8 Å². The second-order valence-electron chi connectivity index (χ2n) is 10.2. The van der Waals surface area contributed by atoms with E-state index in [-0.39, 0.29) is 23.9 Å². The largest absolute Gasteiger partial charge is 0.381 e. The van der Waals surface area contributed by atoms with E-state index in [1.807, 2.05) is 75.4 Å². The van der Waals surface area contributed by atoms with Crippen molar-refractivity contribution in [1.82, 2.24) is 20.5 Å². The molecule has 1 aliphatic heterocycles. The highest BCUT2D eigenvalue weighted by molar-refractivity contribution is 8.00. The van der Waals surface area contributed by atoms with Crippen molar-refractivity contribution < 1.29 is 19.5 Å². The number of carbonyl (C=O) groups is 3. The van der Waals surface area contributed by atoms with Crippen molar-refractivity contribution in [2.75, 3.05) is 5.88 Å². The summed E-state index contributed by atoms with van der Waals surface area (Å²) >= 11 is 1.48. The van der Waals surface area contributed by atoms with Crippen LogP contribution in [0.4, 0.5) is 0 Å². The van der Waals surface area contributed by atoms with Crippen molar-refractivity contribution in [3.63, 3.8) is 0 Å². The summed E-state index contributed by atoms with van der Waals surface area (Å²) in [7, 11) is 0. The van der Waals surface area contributed by atoms with Crippen LogP contribution in [0, 0.1) is 6.92 Å². The summed E-state index contributed by atoms with van der Waals surface area (Å²) in [6.07, 6.45) is 0.159. The van der Waals surface area contributed by atoms with E-state index in [2.05, 4.69) is 15.6 Å². The Kier molecular flexibility index (Phi) is 9.04. The van der Waals surface area contributed by atoms with Gasteiger partial charge in [0.2, 0.25) is 5.91 Å². The fourth-order valence-corrected chi connectivity index (χ4v) is 5.83. The predicted molar refractivity (Wildman–Crippen MR) is 152 cm³/mol. The summed E-state index contributed by atoms with van der Waals surface area (Å²) in [5, 5.41) is 17.1. The van der Waals surface area contributed by atoms with E-state index in [4.69, 9.17) is 0 Å². The monoisotopic (exact) mass is 546 g/mol. The molecule has 3 aromatic rings. The summed E-state index contributed by atoms with van der Waals surface area (Å²) in [6.45, 7) is 6.15. The van der Waals surface area contributed by atoms with Gasteiger partial charge < -0.3 is 20.6 Å². The number of hydrogen-bond donors (Lipinski definition) is 3. The molecule has 0 unspecified atom stereocenters. The topological polar surface area (TPSA) is 112 Å². The van der Waals surface area contributed by atoms with Gasteiger partial charge in [-0.05, 0) is 56.0 Å². The van der Waals surface area contributed by atoms with E-state index in [1.165, 1.54) is 22.9 Å². The number of aliphatic hydroxyl groups is 1. The van der Waals surface area contributed by atoms with Crippen molar-refractivity contribution in [2.24, 2.45) is 0 Å². The van der Waals surface area contributed by atoms with Crippen LogP contribution in [0.25, 0.3) is 0 Å². The zero-order valence-electron chi connectivity index (χ0n) is 22.3. The van der Waals surface area contributed by atoms with Crippen LogP contribution in [-0.4, -0.2) is 61.5 Å². The van der Waals surface area contributed by atoms with Crippen LogP contribution >= 0.6 is 11.8 Å². The quantitative estimate of drug-likeness (QED) is 0.380. The lowest BCUT2D eigenvalue weighted by atomic mass is 9.97. The van der Waals surface area contributed by atoms with Gasteiger partial charge in [0.1, 0.15) is 11.7 Å². The molecule has 39 heavy (non-hydrogen) atoms. The molecule has 3 N–H and O–H groups in total. The second kappa shape index (κ2) is 12.4. The first-order valence-electron chi connectivity index (χ1n) is 12.9. The minimum Gasteiger partial charge on any atom is -0.381 e. The molecule has 1 aromatic heterocycles. The van der Waals surface area contributed by atoms with Crippen molar-refractivity contribution in [2.45, 2.75) is 56.7 Å². The minimum absolute atomic E-state index is 0.182. The maximum absolute atomic E-state index is 13.7. The lowest BCUT2D eigenvalue weighted by Crippen LogP contribution is -2.58. The van der Waals surface area contributed by atoms with E-state index in [0.717, 1.165) is 16.7 Å². The number of hydrogen-bond acceptors (Lipinski definition) is 6. The molecule has 0 bridgehead atoms. The first-order valence-corrected chi connectivity index (χ1v) is 13.9. The Morgan fingerprint density at radius 2 is 1.74 bits per heavy atom. The minimum atomic E-state index is -1.57. The number of aliphatic hydroxyl groups excluding tert-OH is 1. The van der Waals surface area contributed by atoms with Crippen LogP contribution in [0.5, 0.6) is 0 Å². The van der Waals surface area contributed by atoms with Gasteiger partial charge in [-0.3, -0.25) is 19.4 Å². The number of benzene rings is 2. The normalized spacial score (nSPS) is 17.7. The van der Waals surface area contributed by atoms with Crippen molar-refractivity contribution in [3.05, 3.63) is 101 Å². The molecular weight excluding hydrogens is 512 g/mol. The zero-order chi connectivity index (χ0) is 28.0. The van der Waals surface area contributed by atoms with Gasteiger partial charge in [-0.1, -0.05) is 60.7 Å². The summed E-state index contributed by atoms with van der Waals surface area (Å²) in [5.74, 6) is -1.14. The molecule has 0 radical (unpaired) electrons. The van der Waals surface area contributed by atoms with Crippen LogP contribution in [0.15, 0.2) is 79.0 Å². The number of nitrogens with one attached hydrogen (secondary N) is 2. The molecule has 4 rings (SSSR count). The zero-order valence-corrected chi connectivity index (χ0v) is 23.2. The second-order valence-corrected chi connectivity index (χ2v) is 11.8. The number of thioether (sulfide) groups is 1. The number of nitrogens with zero attached hydrogens (tertiary/aromatic N) is 2. The molecule has 9 heteroatoms. The van der Waals surface area contributed by atoms with Gasteiger partial charge >= 0.3 is 0 Å². The van der Waals surface area contributed by atoms with Gasteiger partial charge in [-0.25, -0.2) is 0 Å². The Hall–Kier alpha value is -3.69. The van der Waals surface area contributed by atoms with Gasteiger partial charge in [0, 0.05) is 17.5 Å². The van der Waals surface area contributed by atoms with Crippen LogP contribution in [-0.2, 0) is 22.6 Å². The molecular formula is C30H34N4O4S. The SMILES string of the molecule is Cc1ccccc1CNC(=O)[C@H]1N(C(=O)[C@@H](O)[C@H](Cc2ccccc2)NC(=O)c2ccccn2)CSC1(C)C. The van der Waals surface area contributed by atoms with Crippen LogP contribution in [0.1, 0.15) is 41.0 Å². The number of rotatable bonds is 9. The Balaban J connectivity index is 1.53. The molecule has 1 saturated heterocycles. The number of aryl methyl sites for hydroxylation is 1. The van der Waals surface area contributed by atoms with E-state index in [0.29, 0.717) is 6.54 Å². The Morgan fingerprint density at radius 1 is 1.05 bits per heavy atom. The molecule has 8 nitrogen and oxygen atoms in total. The third kappa shape index (κ3) is 6.85. The van der Waals surface area contributed by atoms with Crippen LogP contribution in [0.2, 0.25) is 0 Å².